The third-order valence-electron chi connectivity index (χ3n) is 3.07. The Morgan fingerprint density at radius 3 is 2.76 bits per heavy atom. The highest BCUT2D eigenvalue weighted by molar-refractivity contribution is 5.47. The molecular weight excluding hydrogens is 229 g/mol. The fraction of sp³-hybridized carbons (Fsp3) is 0.583. The summed E-state index contributed by atoms with van der Waals surface area (Å²) in [7, 11) is 0. The lowest BCUT2D eigenvalue weighted by Crippen LogP contribution is -2.34. The van der Waals surface area contributed by atoms with Crippen molar-refractivity contribution in [3.63, 3.8) is 0 Å². The van der Waals surface area contributed by atoms with Gasteiger partial charge in [0.05, 0.1) is 17.4 Å². The van der Waals surface area contributed by atoms with Crippen LogP contribution in [-0.4, -0.2) is 18.1 Å². The van der Waals surface area contributed by atoms with Crippen LogP contribution in [0.5, 0.6) is 0 Å². The Bertz CT molecular complexity index is 390. The normalized spacial score (nSPS) is 21.6. The largest absolute Gasteiger partial charge is 0.417 e. The maximum absolute atomic E-state index is 12.6. The van der Waals surface area contributed by atoms with E-state index in [0.29, 0.717) is 11.6 Å². The van der Waals surface area contributed by atoms with Gasteiger partial charge in [0.25, 0.3) is 0 Å². The number of hydrogen-bond acceptors (Lipinski definition) is 2. The van der Waals surface area contributed by atoms with Gasteiger partial charge in [0.2, 0.25) is 0 Å². The molecule has 1 saturated heterocycles. The SMILES string of the molecule is CC1CCCN(c2cncc(C(F)(F)F)c2)C1. The smallest absolute Gasteiger partial charge is 0.370 e. The third kappa shape index (κ3) is 2.90. The average molecular weight is 244 g/mol. The lowest BCUT2D eigenvalue weighted by molar-refractivity contribution is -0.137. The van der Waals surface area contributed by atoms with Gasteiger partial charge in [-0.15, -0.1) is 0 Å². The van der Waals surface area contributed by atoms with Crippen LogP contribution >= 0.6 is 0 Å². The molecule has 0 spiro atoms. The number of anilines is 1. The molecule has 1 fully saturated rings. The number of hydrogen-bond donors (Lipinski definition) is 0. The Kier molecular flexibility index (Phi) is 3.26. The second-order valence-electron chi connectivity index (χ2n) is 4.62. The van der Waals surface area contributed by atoms with Crippen LogP contribution < -0.4 is 4.90 Å². The summed E-state index contributed by atoms with van der Waals surface area (Å²) >= 11 is 0. The lowest BCUT2D eigenvalue weighted by atomic mass is 10.00. The van der Waals surface area contributed by atoms with Crippen molar-refractivity contribution >= 4 is 5.69 Å². The molecule has 1 aliphatic rings. The van der Waals surface area contributed by atoms with E-state index in [-0.39, 0.29) is 0 Å². The molecule has 0 amide bonds. The fourth-order valence-corrected chi connectivity index (χ4v) is 2.18. The van der Waals surface area contributed by atoms with Crippen LogP contribution in [-0.2, 0) is 6.18 Å². The van der Waals surface area contributed by atoms with E-state index in [0.717, 1.165) is 32.1 Å². The molecule has 5 heteroatoms. The summed E-state index contributed by atoms with van der Waals surface area (Å²) in [5, 5.41) is 0. The van der Waals surface area contributed by atoms with Gasteiger partial charge in [-0.3, -0.25) is 4.98 Å². The quantitative estimate of drug-likeness (QED) is 0.753. The Balaban J connectivity index is 2.21. The average Bonchev–Trinajstić information content (AvgIpc) is 2.28. The third-order valence-corrected chi connectivity index (χ3v) is 3.07. The molecule has 1 aromatic heterocycles. The van der Waals surface area contributed by atoms with Crippen LogP contribution in [0.15, 0.2) is 18.5 Å². The summed E-state index contributed by atoms with van der Waals surface area (Å²) in [6.45, 7) is 3.74. The van der Waals surface area contributed by atoms with Gasteiger partial charge in [0, 0.05) is 19.3 Å². The summed E-state index contributed by atoms with van der Waals surface area (Å²) in [5.41, 5.74) is -0.0976. The lowest BCUT2D eigenvalue weighted by Gasteiger charge is -2.32. The van der Waals surface area contributed by atoms with Crippen LogP contribution in [0.3, 0.4) is 0 Å². The first kappa shape index (κ1) is 12.2. The first-order chi connectivity index (χ1) is 7.97. The molecule has 2 rings (SSSR count). The number of rotatable bonds is 1. The highest BCUT2D eigenvalue weighted by atomic mass is 19.4. The highest BCUT2D eigenvalue weighted by Gasteiger charge is 2.31. The first-order valence-electron chi connectivity index (χ1n) is 5.74. The molecule has 1 atom stereocenters. The predicted molar refractivity (Wildman–Crippen MR) is 59.9 cm³/mol. The van der Waals surface area contributed by atoms with Crippen LogP contribution in [0.1, 0.15) is 25.3 Å². The van der Waals surface area contributed by atoms with Crippen molar-refractivity contribution in [2.75, 3.05) is 18.0 Å². The molecule has 2 nitrogen and oxygen atoms in total. The number of nitrogens with zero attached hydrogens (tertiary/aromatic N) is 2. The van der Waals surface area contributed by atoms with Crippen LogP contribution in [0.4, 0.5) is 18.9 Å². The van der Waals surface area contributed by atoms with E-state index in [2.05, 4.69) is 11.9 Å². The molecular formula is C12H15F3N2. The maximum Gasteiger partial charge on any atom is 0.417 e. The van der Waals surface area contributed by atoms with E-state index in [1.165, 1.54) is 12.3 Å². The molecule has 0 bridgehead atoms. The standard InChI is InChI=1S/C12H15F3N2/c1-9-3-2-4-17(8-9)11-5-10(6-16-7-11)12(13,14)15/h5-7,9H,2-4,8H2,1H3. The highest BCUT2D eigenvalue weighted by Crippen LogP contribution is 2.31. The topological polar surface area (TPSA) is 16.1 Å². The molecule has 2 heterocycles. The fourth-order valence-electron chi connectivity index (χ4n) is 2.18. The van der Waals surface area contributed by atoms with Crippen molar-refractivity contribution < 1.29 is 13.2 Å². The summed E-state index contributed by atoms with van der Waals surface area (Å²) in [6, 6.07) is 1.19. The van der Waals surface area contributed by atoms with Gasteiger partial charge in [-0.1, -0.05) is 6.92 Å². The molecule has 94 valence electrons. The van der Waals surface area contributed by atoms with Crippen LogP contribution in [0.2, 0.25) is 0 Å². The molecule has 0 aromatic carbocycles. The van der Waals surface area contributed by atoms with Crippen LogP contribution in [0.25, 0.3) is 0 Å². The van der Waals surface area contributed by atoms with Crippen molar-refractivity contribution in [2.24, 2.45) is 5.92 Å². The Morgan fingerprint density at radius 1 is 1.35 bits per heavy atom. The van der Waals surface area contributed by atoms with Gasteiger partial charge in [-0.05, 0) is 24.8 Å². The summed E-state index contributed by atoms with van der Waals surface area (Å²) in [6.07, 6.45) is 0.231. The van der Waals surface area contributed by atoms with Crippen molar-refractivity contribution in [3.8, 4) is 0 Å². The summed E-state index contributed by atoms with van der Waals surface area (Å²) in [4.78, 5) is 5.67. The number of piperidine rings is 1. The Morgan fingerprint density at radius 2 is 2.12 bits per heavy atom. The number of pyridine rings is 1. The zero-order chi connectivity index (χ0) is 12.5. The maximum atomic E-state index is 12.6. The molecule has 1 unspecified atom stereocenters. The summed E-state index contributed by atoms with van der Waals surface area (Å²) < 4.78 is 37.7. The Hall–Kier alpha value is -1.26. The van der Waals surface area contributed by atoms with E-state index >= 15 is 0 Å². The van der Waals surface area contributed by atoms with Gasteiger partial charge < -0.3 is 4.90 Å². The van der Waals surface area contributed by atoms with E-state index in [1.54, 1.807) is 0 Å². The van der Waals surface area contributed by atoms with Gasteiger partial charge in [-0.2, -0.15) is 13.2 Å². The van der Waals surface area contributed by atoms with Gasteiger partial charge in [0.15, 0.2) is 0 Å². The zero-order valence-corrected chi connectivity index (χ0v) is 9.67. The number of aromatic nitrogens is 1. The molecule has 1 aliphatic heterocycles. The van der Waals surface area contributed by atoms with E-state index in [9.17, 15) is 13.2 Å². The van der Waals surface area contributed by atoms with Gasteiger partial charge in [0.1, 0.15) is 0 Å². The van der Waals surface area contributed by atoms with Crippen molar-refractivity contribution in [1.82, 2.24) is 4.98 Å². The van der Waals surface area contributed by atoms with Gasteiger partial charge >= 0.3 is 6.18 Å². The van der Waals surface area contributed by atoms with Crippen molar-refractivity contribution in [1.29, 1.82) is 0 Å². The van der Waals surface area contributed by atoms with Gasteiger partial charge in [-0.25, -0.2) is 0 Å². The molecule has 0 aliphatic carbocycles. The molecule has 17 heavy (non-hydrogen) atoms. The molecule has 1 aromatic rings. The van der Waals surface area contributed by atoms with E-state index < -0.39 is 11.7 Å². The van der Waals surface area contributed by atoms with Crippen molar-refractivity contribution in [3.05, 3.63) is 24.0 Å². The number of halogens is 3. The second kappa shape index (κ2) is 4.55. The van der Waals surface area contributed by atoms with Crippen molar-refractivity contribution in [2.45, 2.75) is 25.9 Å². The number of alkyl halides is 3. The minimum Gasteiger partial charge on any atom is -0.370 e. The second-order valence-corrected chi connectivity index (χ2v) is 4.62. The minimum absolute atomic E-state index is 0.526. The van der Waals surface area contributed by atoms with E-state index in [1.807, 2.05) is 4.90 Å². The molecule has 0 radical (unpaired) electrons. The van der Waals surface area contributed by atoms with Crippen LogP contribution in [0, 0.1) is 5.92 Å². The molecule has 0 N–H and O–H groups in total. The Labute approximate surface area is 98.5 Å². The van der Waals surface area contributed by atoms with E-state index in [4.69, 9.17) is 0 Å². The molecule has 0 saturated carbocycles. The first-order valence-corrected chi connectivity index (χ1v) is 5.74. The zero-order valence-electron chi connectivity index (χ0n) is 9.67. The minimum atomic E-state index is -4.32. The summed E-state index contributed by atoms with van der Waals surface area (Å²) in [5.74, 6) is 0.526. The predicted octanol–water partition coefficient (Wildman–Crippen LogP) is 3.34. The monoisotopic (exact) mass is 244 g/mol.